The minimum Gasteiger partial charge on any atom is -0.480 e. The minimum absolute atomic E-state index is 0.0743. The Bertz CT molecular complexity index is 794. The molecule has 0 radical (unpaired) electrons. The number of nitrogens with one attached hydrogen (secondary N) is 3. The van der Waals surface area contributed by atoms with Crippen LogP contribution in [0.4, 0.5) is 0 Å². The number of carboxylic acid groups (broad SMARTS) is 1. The number of hydrogen-bond acceptors (Lipinski definition) is 5. The van der Waals surface area contributed by atoms with Crippen molar-refractivity contribution in [1.82, 2.24) is 16.0 Å². The van der Waals surface area contributed by atoms with Crippen molar-refractivity contribution in [3.63, 3.8) is 0 Å². The van der Waals surface area contributed by atoms with Gasteiger partial charge in [-0.25, -0.2) is 4.79 Å². The highest BCUT2D eigenvalue weighted by Crippen LogP contribution is 2.11. The van der Waals surface area contributed by atoms with E-state index in [2.05, 4.69) is 16.0 Å². The highest BCUT2D eigenvalue weighted by molar-refractivity contribution is 5.98. The molecule has 0 aliphatic rings. The van der Waals surface area contributed by atoms with E-state index in [9.17, 15) is 24.3 Å². The normalized spacial score (nSPS) is 14.7. The lowest BCUT2D eigenvalue weighted by atomic mass is 9.97. The molecule has 1 aromatic rings. The Kier molecular flexibility index (Phi) is 10.8. The summed E-state index contributed by atoms with van der Waals surface area (Å²) in [6.07, 6.45) is 0.900. The molecule has 0 bridgehead atoms. The smallest absolute Gasteiger partial charge is 0.326 e. The molecule has 0 spiro atoms. The second-order valence-electron chi connectivity index (χ2n) is 8.50. The third-order valence-electron chi connectivity index (χ3n) is 5.31. The van der Waals surface area contributed by atoms with Crippen molar-refractivity contribution < 1.29 is 24.3 Å². The third kappa shape index (κ3) is 8.30. The van der Waals surface area contributed by atoms with Crippen molar-refractivity contribution >= 4 is 23.7 Å². The van der Waals surface area contributed by atoms with Crippen molar-refractivity contribution in [1.29, 1.82) is 0 Å². The molecule has 32 heavy (non-hydrogen) atoms. The van der Waals surface area contributed by atoms with Gasteiger partial charge in [0.2, 0.25) is 11.8 Å². The first-order chi connectivity index (χ1) is 15.0. The van der Waals surface area contributed by atoms with Crippen LogP contribution in [0.5, 0.6) is 0 Å². The largest absolute Gasteiger partial charge is 0.480 e. The van der Waals surface area contributed by atoms with Crippen LogP contribution in [0.25, 0.3) is 0 Å². The molecule has 0 aromatic heterocycles. The van der Waals surface area contributed by atoms with E-state index in [1.165, 1.54) is 6.92 Å². The summed E-state index contributed by atoms with van der Waals surface area (Å²) in [6, 6.07) is 3.90. The molecule has 0 aliphatic carbocycles. The van der Waals surface area contributed by atoms with Crippen molar-refractivity contribution in [3.05, 3.63) is 35.4 Å². The Labute approximate surface area is 189 Å². The Hall–Kier alpha value is -2.94. The number of nitrogens with two attached hydrogens (primary N) is 1. The summed E-state index contributed by atoms with van der Waals surface area (Å²) in [5.41, 5.74) is 6.86. The average Bonchev–Trinajstić information content (AvgIpc) is 2.75. The molecule has 0 saturated heterocycles. The first-order valence-electron chi connectivity index (χ1n) is 10.9. The maximum absolute atomic E-state index is 12.9. The molecule has 0 unspecified atom stereocenters. The standard InChI is InChI=1S/C23H36N4O5/c1-6-14(4)19(27-21(29)17-9-7-16(12-24)8-10-17)22(30)25-15(5)20(28)26-18(23(31)32)11-13(2)3/h7-10,13-15,18-19H,6,11-12,24H2,1-5H3,(H,25,30)(H,26,28)(H,27,29)(H,31,32)/t14-,15-,18-,19-/m0/s1. The van der Waals surface area contributed by atoms with Gasteiger partial charge in [0.05, 0.1) is 0 Å². The van der Waals surface area contributed by atoms with Gasteiger partial charge in [-0.15, -0.1) is 0 Å². The van der Waals surface area contributed by atoms with E-state index < -0.39 is 41.8 Å². The molecule has 178 valence electrons. The Morgan fingerprint density at radius 2 is 1.53 bits per heavy atom. The maximum Gasteiger partial charge on any atom is 0.326 e. The number of aliphatic carboxylic acids is 1. The summed E-state index contributed by atoms with van der Waals surface area (Å²) < 4.78 is 0. The molecular weight excluding hydrogens is 412 g/mol. The molecule has 1 rings (SSSR count). The number of benzene rings is 1. The predicted molar refractivity (Wildman–Crippen MR) is 122 cm³/mol. The van der Waals surface area contributed by atoms with Crippen LogP contribution in [-0.2, 0) is 20.9 Å². The fraction of sp³-hybridized carbons (Fsp3) is 0.565. The molecule has 0 heterocycles. The van der Waals surface area contributed by atoms with Gasteiger partial charge >= 0.3 is 5.97 Å². The van der Waals surface area contributed by atoms with E-state index in [1.54, 1.807) is 24.3 Å². The summed E-state index contributed by atoms with van der Waals surface area (Å²) in [7, 11) is 0. The SMILES string of the molecule is CC[C@H](C)[C@H](NC(=O)c1ccc(CN)cc1)C(=O)N[C@@H](C)C(=O)N[C@@H](CC(C)C)C(=O)O. The van der Waals surface area contributed by atoms with Crippen LogP contribution < -0.4 is 21.7 Å². The van der Waals surface area contributed by atoms with Gasteiger partial charge in [-0.2, -0.15) is 0 Å². The first kappa shape index (κ1) is 27.1. The molecule has 6 N–H and O–H groups in total. The fourth-order valence-corrected chi connectivity index (χ4v) is 3.08. The molecule has 1 aromatic carbocycles. The maximum atomic E-state index is 12.9. The van der Waals surface area contributed by atoms with Gasteiger partial charge in [-0.1, -0.05) is 46.2 Å². The van der Waals surface area contributed by atoms with Gasteiger partial charge in [0, 0.05) is 12.1 Å². The summed E-state index contributed by atoms with van der Waals surface area (Å²) >= 11 is 0. The predicted octanol–water partition coefficient (Wildman–Crippen LogP) is 1.41. The third-order valence-corrected chi connectivity index (χ3v) is 5.31. The van der Waals surface area contributed by atoms with Crippen molar-refractivity contribution in [2.24, 2.45) is 17.6 Å². The van der Waals surface area contributed by atoms with E-state index >= 15 is 0 Å². The highest BCUT2D eigenvalue weighted by atomic mass is 16.4. The second-order valence-corrected chi connectivity index (χ2v) is 8.50. The molecule has 4 atom stereocenters. The Balaban J connectivity index is 2.84. The molecular formula is C23H36N4O5. The number of carboxylic acids is 1. The summed E-state index contributed by atoms with van der Waals surface area (Å²) in [5.74, 6) is -2.76. The number of carbonyl (C=O) groups is 4. The zero-order valence-corrected chi connectivity index (χ0v) is 19.5. The van der Waals surface area contributed by atoms with E-state index in [-0.39, 0.29) is 18.3 Å². The summed E-state index contributed by atoms with van der Waals surface area (Å²) in [5, 5.41) is 17.1. The number of hydrogen-bond donors (Lipinski definition) is 5. The van der Waals surface area contributed by atoms with Gasteiger partial charge in [-0.3, -0.25) is 14.4 Å². The van der Waals surface area contributed by atoms with Crippen LogP contribution in [0, 0.1) is 11.8 Å². The van der Waals surface area contributed by atoms with Gasteiger partial charge in [0.25, 0.3) is 5.91 Å². The van der Waals surface area contributed by atoms with E-state index in [1.807, 2.05) is 27.7 Å². The van der Waals surface area contributed by atoms with Crippen molar-refractivity contribution in [3.8, 4) is 0 Å². The van der Waals surface area contributed by atoms with Gasteiger partial charge in [-0.05, 0) is 42.9 Å². The Morgan fingerprint density at radius 3 is 2.00 bits per heavy atom. The van der Waals surface area contributed by atoms with Gasteiger partial charge in [0.1, 0.15) is 18.1 Å². The monoisotopic (exact) mass is 448 g/mol. The summed E-state index contributed by atoms with van der Waals surface area (Å²) in [4.78, 5) is 49.4. The highest BCUT2D eigenvalue weighted by Gasteiger charge is 2.30. The van der Waals surface area contributed by atoms with Gasteiger partial charge in [0.15, 0.2) is 0 Å². The zero-order valence-electron chi connectivity index (χ0n) is 19.5. The van der Waals surface area contributed by atoms with E-state index in [4.69, 9.17) is 5.73 Å². The second kappa shape index (κ2) is 12.8. The van der Waals surface area contributed by atoms with Crippen molar-refractivity contribution in [2.75, 3.05) is 0 Å². The van der Waals surface area contributed by atoms with Crippen LogP contribution in [0.3, 0.4) is 0 Å². The number of amides is 3. The molecule has 0 fully saturated rings. The fourth-order valence-electron chi connectivity index (χ4n) is 3.08. The van der Waals surface area contributed by atoms with Crippen LogP contribution in [-0.4, -0.2) is 46.9 Å². The van der Waals surface area contributed by atoms with Crippen LogP contribution in [0.15, 0.2) is 24.3 Å². The van der Waals surface area contributed by atoms with Crippen molar-refractivity contribution in [2.45, 2.75) is 72.1 Å². The molecule has 9 nitrogen and oxygen atoms in total. The lowest BCUT2D eigenvalue weighted by molar-refractivity contribution is -0.142. The van der Waals surface area contributed by atoms with Crippen LogP contribution in [0.2, 0.25) is 0 Å². The molecule has 0 aliphatic heterocycles. The molecule has 0 saturated carbocycles. The molecule has 9 heteroatoms. The zero-order chi connectivity index (χ0) is 24.4. The topological polar surface area (TPSA) is 151 Å². The van der Waals surface area contributed by atoms with Gasteiger partial charge < -0.3 is 26.8 Å². The number of rotatable bonds is 12. The first-order valence-corrected chi connectivity index (χ1v) is 10.9. The lowest BCUT2D eigenvalue weighted by Crippen LogP contribution is -2.56. The lowest BCUT2D eigenvalue weighted by Gasteiger charge is -2.26. The average molecular weight is 449 g/mol. The summed E-state index contributed by atoms with van der Waals surface area (Å²) in [6.45, 7) is 9.28. The van der Waals surface area contributed by atoms with E-state index in [0.29, 0.717) is 18.5 Å². The quantitative estimate of drug-likeness (QED) is 0.326. The van der Waals surface area contributed by atoms with E-state index in [0.717, 1.165) is 5.56 Å². The van der Waals surface area contributed by atoms with Crippen LogP contribution >= 0.6 is 0 Å². The van der Waals surface area contributed by atoms with Crippen LogP contribution in [0.1, 0.15) is 63.4 Å². The minimum atomic E-state index is -1.13. The molecule has 3 amide bonds. The Morgan fingerprint density at radius 1 is 0.938 bits per heavy atom. The number of carbonyl (C=O) groups excluding carboxylic acids is 3.